The fourth-order valence-corrected chi connectivity index (χ4v) is 4.10. The third-order valence-corrected chi connectivity index (χ3v) is 5.79. The van der Waals surface area contributed by atoms with Crippen molar-refractivity contribution in [3.63, 3.8) is 0 Å². The van der Waals surface area contributed by atoms with Gasteiger partial charge in [-0.1, -0.05) is 51.1 Å². The number of rotatable bonds is 2. The van der Waals surface area contributed by atoms with Gasteiger partial charge in [-0.05, 0) is 36.2 Å². The van der Waals surface area contributed by atoms with Crippen molar-refractivity contribution in [3.05, 3.63) is 35.9 Å². The summed E-state index contributed by atoms with van der Waals surface area (Å²) in [5.74, 6) is -2.05. The zero-order valence-electron chi connectivity index (χ0n) is 15.8. The number of hydrazone groups is 1. The van der Waals surface area contributed by atoms with Crippen LogP contribution in [0.2, 0.25) is 0 Å². The number of halogens is 3. The van der Waals surface area contributed by atoms with Crippen LogP contribution in [-0.2, 0) is 11.2 Å². The minimum atomic E-state index is -4.99. The molecule has 0 unspecified atom stereocenters. The van der Waals surface area contributed by atoms with Gasteiger partial charge in [0.15, 0.2) is 0 Å². The van der Waals surface area contributed by atoms with Crippen LogP contribution in [0, 0.1) is 17.3 Å². The average Bonchev–Trinajstić information content (AvgIpc) is 2.89. The number of carbonyl (C=O) groups excluding carboxylic acids is 1. The zero-order chi connectivity index (χ0) is 20.0. The molecule has 4 nitrogen and oxygen atoms in total. The first-order valence-corrected chi connectivity index (χ1v) is 9.18. The molecule has 1 amide bonds. The minimum absolute atomic E-state index is 0.0134. The molecule has 7 heteroatoms. The first kappa shape index (κ1) is 19.9. The summed E-state index contributed by atoms with van der Waals surface area (Å²) < 4.78 is 41.9. The summed E-state index contributed by atoms with van der Waals surface area (Å²) in [5, 5.41) is 15.0. The third kappa shape index (κ3) is 3.49. The lowest BCUT2D eigenvalue weighted by molar-refractivity contribution is -0.318. The average molecular weight is 382 g/mol. The van der Waals surface area contributed by atoms with Crippen LogP contribution in [0.1, 0.15) is 45.6 Å². The number of carbonyl (C=O) groups is 1. The van der Waals surface area contributed by atoms with Crippen LogP contribution >= 0.6 is 0 Å². The lowest BCUT2D eigenvalue weighted by Gasteiger charge is -2.42. The monoisotopic (exact) mass is 382 g/mol. The molecule has 0 spiro atoms. The predicted molar refractivity (Wildman–Crippen MR) is 95.7 cm³/mol. The fourth-order valence-electron chi connectivity index (χ4n) is 4.10. The van der Waals surface area contributed by atoms with Crippen LogP contribution in [-0.4, -0.2) is 33.6 Å². The molecule has 1 aromatic rings. The fraction of sp³-hybridized carbons (Fsp3) is 0.600. The SMILES string of the molecule is CC(C)(C)[C@@H]1CCC2=NN(C(=O)Cc3ccccc3)[C@](O)(C(F)(F)F)[C@@H]2C1. The van der Waals surface area contributed by atoms with Crippen molar-refractivity contribution in [2.75, 3.05) is 0 Å². The van der Waals surface area contributed by atoms with Gasteiger partial charge in [-0.3, -0.25) is 4.79 Å². The summed E-state index contributed by atoms with van der Waals surface area (Å²) in [6.07, 6.45) is -4.01. The van der Waals surface area contributed by atoms with Crippen LogP contribution in [0.25, 0.3) is 0 Å². The number of hydrogen-bond acceptors (Lipinski definition) is 3. The summed E-state index contributed by atoms with van der Waals surface area (Å²) in [7, 11) is 0. The summed E-state index contributed by atoms with van der Waals surface area (Å²) >= 11 is 0. The molecule has 1 fully saturated rings. The molecule has 3 atom stereocenters. The Balaban J connectivity index is 1.92. The van der Waals surface area contributed by atoms with E-state index in [1.54, 1.807) is 30.3 Å². The molecular formula is C20H25F3N2O2. The van der Waals surface area contributed by atoms with Gasteiger partial charge in [0.2, 0.25) is 5.91 Å². The lowest BCUT2D eigenvalue weighted by Crippen LogP contribution is -2.62. The Morgan fingerprint density at radius 2 is 1.89 bits per heavy atom. The molecule has 1 N–H and O–H groups in total. The molecule has 2 aliphatic rings. The molecule has 1 aliphatic carbocycles. The first-order chi connectivity index (χ1) is 12.4. The van der Waals surface area contributed by atoms with Gasteiger partial charge in [0, 0.05) is 5.71 Å². The summed E-state index contributed by atoms with van der Waals surface area (Å²) in [6.45, 7) is 5.96. The Hall–Kier alpha value is -1.89. The predicted octanol–water partition coefficient (Wildman–Crippen LogP) is 4.14. The number of nitrogens with zero attached hydrogens (tertiary/aromatic N) is 2. The molecule has 1 aromatic carbocycles. The van der Waals surface area contributed by atoms with E-state index in [9.17, 15) is 23.1 Å². The second-order valence-electron chi connectivity index (χ2n) is 8.57. The van der Waals surface area contributed by atoms with Crippen LogP contribution < -0.4 is 0 Å². The van der Waals surface area contributed by atoms with E-state index >= 15 is 0 Å². The number of fused-ring (bicyclic) bond motifs is 1. The highest BCUT2D eigenvalue weighted by atomic mass is 19.4. The highest BCUT2D eigenvalue weighted by molar-refractivity contribution is 5.93. The van der Waals surface area contributed by atoms with Gasteiger partial charge in [0.25, 0.3) is 5.72 Å². The Morgan fingerprint density at radius 1 is 1.26 bits per heavy atom. The summed E-state index contributed by atoms with van der Waals surface area (Å²) in [6, 6.07) is 8.51. The van der Waals surface area contributed by atoms with Crippen LogP contribution in [0.15, 0.2) is 35.4 Å². The van der Waals surface area contributed by atoms with Crippen molar-refractivity contribution >= 4 is 11.6 Å². The summed E-state index contributed by atoms with van der Waals surface area (Å²) in [4.78, 5) is 12.7. The maximum atomic E-state index is 14.0. The van der Waals surface area contributed by atoms with E-state index in [4.69, 9.17) is 0 Å². The molecule has 0 saturated heterocycles. The second-order valence-corrected chi connectivity index (χ2v) is 8.57. The Labute approximate surface area is 157 Å². The highest BCUT2D eigenvalue weighted by Crippen LogP contribution is 2.51. The highest BCUT2D eigenvalue weighted by Gasteiger charge is 2.69. The summed E-state index contributed by atoms with van der Waals surface area (Å²) in [5.41, 5.74) is -2.61. The standard InChI is InChI=1S/C20H25F3N2O2/c1-18(2,3)14-9-10-16-15(12-14)19(27,20(21,22)23)25(24-16)17(26)11-13-7-5-4-6-8-13/h4-8,14-15,27H,9-12H2,1-3H3/t14-,15-,19-/m1/s1. The Morgan fingerprint density at radius 3 is 2.44 bits per heavy atom. The molecule has 0 radical (unpaired) electrons. The van der Waals surface area contributed by atoms with Gasteiger partial charge in [-0.15, -0.1) is 0 Å². The topological polar surface area (TPSA) is 52.9 Å². The van der Waals surface area contributed by atoms with Gasteiger partial charge in [0.1, 0.15) is 0 Å². The largest absolute Gasteiger partial charge is 0.439 e. The molecule has 1 heterocycles. The van der Waals surface area contributed by atoms with E-state index in [-0.39, 0.29) is 29.9 Å². The van der Waals surface area contributed by atoms with E-state index in [0.717, 1.165) is 0 Å². The molecule has 0 bridgehead atoms. The van der Waals surface area contributed by atoms with E-state index < -0.39 is 23.7 Å². The second kappa shape index (κ2) is 6.62. The molecule has 27 heavy (non-hydrogen) atoms. The van der Waals surface area contributed by atoms with Gasteiger partial charge in [-0.2, -0.15) is 23.3 Å². The number of benzene rings is 1. The maximum Gasteiger partial charge on any atom is 0.439 e. The molecule has 3 rings (SSSR count). The Kier molecular flexibility index (Phi) is 4.87. The number of amides is 1. The number of hydrogen-bond donors (Lipinski definition) is 1. The van der Waals surface area contributed by atoms with Crippen molar-refractivity contribution < 1.29 is 23.1 Å². The molecule has 1 saturated carbocycles. The normalized spacial score (nSPS) is 28.7. The van der Waals surface area contributed by atoms with E-state index in [2.05, 4.69) is 5.10 Å². The van der Waals surface area contributed by atoms with Gasteiger partial charge < -0.3 is 5.11 Å². The van der Waals surface area contributed by atoms with Crippen molar-refractivity contribution in [1.82, 2.24) is 5.01 Å². The van der Waals surface area contributed by atoms with Gasteiger partial charge in [0.05, 0.1) is 12.3 Å². The van der Waals surface area contributed by atoms with Crippen molar-refractivity contribution in [2.24, 2.45) is 22.4 Å². The van der Waals surface area contributed by atoms with Gasteiger partial charge in [-0.25, -0.2) is 0 Å². The molecule has 0 aromatic heterocycles. The molecule has 1 aliphatic heterocycles. The van der Waals surface area contributed by atoms with Crippen molar-refractivity contribution in [1.29, 1.82) is 0 Å². The smallest absolute Gasteiger partial charge is 0.362 e. The Bertz CT molecular complexity index is 740. The molecular weight excluding hydrogens is 357 g/mol. The minimum Gasteiger partial charge on any atom is -0.362 e. The van der Waals surface area contributed by atoms with E-state index in [1.807, 2.05) is 20.8 Å². The molecule has 148 valence electrons. The van der Waals surface area contributed by atoms with Gasteiger partial charge >= 0.3 is 6.18 Å². The van der Waals surface area contributed by atoms with Crippen molar-refractivity contribution in [3.8, 4) is 0 Å². The van der Waals surface area contributed by atoms with E-state index in [0.29, 0.717) is 23.4 Å². The third-order valence-electron chi connectivity index (χ3n) is 5.79. The maximum absolute atomic E-state index is 14.0. The quantitative estimate of drug-likeness (QED) is 0.836. The van der Waals surface area contributed by atoms with Crippen LogP contribution in [0.5, 0.6) is 0 Å². The van der Waals surface area contributed by atoms with E-state index in [1.165, 1.54) is 0 Å². The van der Waals surface area contributed by atoms with Crippen LogP contribution in [0.4, 0.5) is 13.2 Å². The first-order valence-electron chi connectivity index (χ1n) is 9.18. The van der Waals surface area contributed by atoms with Crippen molar-refractivity contribution in [2.45, 2.75) is 58.4 Å². The zero-order valence-corrected chi connectivity index (χ0v) is 15.8. The lowest BCUT2D eigenvalue weighted by atomic mass is 9.66. The number of aliphatic hydroxyl groups is 1. The van der Waals surface area contributed by atoms with Crippen LogP contribution in [0.3, 0.4) is 0 Å². The number of alkyl halides is 3.